The lowest BCUT2D eigenvalue weighted by Crippen LogP contribution is -2.35. The zero-order valence-corrected chi connectivity index (χ0v) is 9.14. The molecule has 4 heteroatoms. The maximum atomic E-state index is 11.5. The summed E-state index contributed by atoms with van der Waals surface area (Å²) in [6.07, 6.45) is 1.04. The van der Waals surface area contributed by atoms with Crippen LogP contribution in [0.4, 0.5) is 5.69 Å². The molecule has 1 saturated carbocycles. The first-order chi connectivity index (χ1) is 7.66. The van der Waals surface area contributed by atoms with Gasteiger partial charge in [-0.3, -0.25) is 4.79 Å². The molecular formula is C12H14N2O2. The molecule has 4 nitrogen and oxygen atoms in total. The van der Waals surface area contributed by atoms with Crippen LogP contribution in [-0.4, -0.2) is 25.6 Å². The molecule has 1 aromatic carbocycles. The number of rotatable bonds is 1. The van der Waals surface area contributed by atoms with Crippen molar-refractivity contribution < 1.29 is 9.53 Å². The molecule has 0 radical (unpaired) electrons. The van der Waals surface area contributed by atoms with Gasteiger partial charge in [0.05, 0.1) is 5.69 Å². The fraction of sp³-hybridized carbons (Fsp3) is 0.417. The number of carbonyl (C=O) groups excluding carboxylic acids is 1. The van der Waals surface area contributed by atoms with Gasteiger partial charge in [0, 0.05) is 19.0 Å². The molecule has 3 rings (SSSR count). The molecule has 1 aromatic rings. The van der Waals surface area contributed by atoms with Crippen LogP contribution in [0.15, 0.2) is 18.2 Å². The van der Waals surface area contributed by atoms with Crippen molar-refractivity contribution in [2.24, 2.45) is 5.73 Å². The van der Waals surface area contributed by atoms with E-state index in [4.69, 9.17) is 10.5 Å². The third kappa shape index (κ3) is 1.38. The van der Waals surface area contributed by atoms with Crippen molar-refractivity contribution >= 4 is 11.6 Å². The van der Waals surface area contributed by atoms with E-state index in [9.17, 15) is 4.79 Å². The van der Waals surface area contributed by atoms with Crippen molar-refractivity contribution in [3.63, 3.8) is 0 Å². The fourth-order valence-electron chi connectivity index (χ4n) is 2.12. The highest BCUT2D eigenvalue weighted by Crippen LogP contribution is 2.42. The van der Waals surface area contributed by atoms with Crippen LogP contribution in [0.2, 0.25) is 0 Å². The molecule has 0 spiro atoms. The van der Waals surface area contributed by atoms with Gasteiger partial charge in [0.25, 0.3) is 5.91 Å². The number of hydrogen-bond acceptors (Lipinski definition) is 3. The quantitative estimate of drug-likeness (QED) is 0.760. The van der Waals surface area contributed by atoms with Gasteiger partial charge in [0.15, 0.2) is 6.61 Å². The number of benzene rings is 1. The van der Waals surface area contributed by atoms with Gasteiger partial charge in [-0.15, -0.1) is 0 Å². The van der Waals surface area contributed by atoms with Gasteiger partial charge in [0.1, 0.15) is 5.75 Å². The van der Waals surface area contributed by atoms with Crippen LogP contribution < -0.4 is 15.4 Å². The Bertz CT molecular complexity index is 458. The van der Waals surface area contributed by atoms with Gasteiger partial charge in [-0.25, -0.2) is 0 Å². The largest absolute Gasteiger partial charge is 0.482 e. The minimum atomic E-state index is -0.00949. The lowest BCUT2D eigenvalue weighted by molar-refractivity contribution is -0.120. The average Bonchev–Trinajstić information content (AvgIpc) is 3.01. The van der Waals surface area contributed by atoms with Crippen LogP contribution in [0.5, 0.6) is 5.75 Å². The Morgan fingerprint density at radius 3 is 2.94 bits per heavy atom. The first-order valence-electron chi connectivity index (χ1n) is 5.45. The number of nitrogens with two attached hydrogens (primary N) is 1. The van der Waals surface area contributed by atoms with Crippen LogP contribution >= 0.6 is 0 Å². The maximum Gasteiger partial charge on any atom is 0.264 e. The van der Waals surface area contributed by atoms with Gasteiger partial charge in [0.2, 0.25) is 0 Å². The zero-order chi connectivity index (χ0) is 11.3. The monoisotopic (exact) mass is 218 g/mol. The number of ether oxygens (including phenoxy) is 1. The molecule has 1 aliphatic carbocycles. The summed E-state index contributed by atoms with van der Waals surface area (Å²) < 4.78 is 5.37. The number of fused-ring (bicyclic) bond motifs is 1. The maximum absolute atomic E-state index is 11.5. The molecule has 2 aliphatic rings. The Balaban J connectivity index is 1.99. The second-order valence-electron chi connectivity index (χ2n) is 4.47. The Morgan fingerprint density at radius 2 is 2.25 bits per heavy atom. The average molecular weight is 218 g/mol. The molecule has 0 bridgehead atoms. The normalized spacial score (nSPS) is 27.4. The zero-order valence-electron chi connectivity index (χ0n) is 9.14. The van der Waals surface area contributed by atoms with E-state index in [-0.39, 0.29) is 18.6 Å². The summed E-state index contributed by atoms with van der Waals surface area (Å²) in [5.74, 6) is 1.22. The van der Waals surface area contributed by atoms with Crippen LogP contribution in [0.25, 0.3) is 0 Å². The summed E-state index contributed by atoms with van der Waals surface area (Å²) in [6, 6.07) is 6.27. The number of hydrogen-bond donors (Lipinski definition) is 1. The van der Waals surface area contributed by atoms with Crippen LogP contribution in [0.3, 0.4) is 0 Å². The molecule has 1 aliphatic heterocycles. The van der Waals surface area contributed by atoms with Gasteiger partial charge in [-0.1, -0.05) is 6.07 Å². The second-order valence-corrected chi connectivity index (χ2v) is 4.47. The Hall–Kier alpha value is -1.55. The lowest BCUT2D eigenvalue weighted by Gasteiger charge is -2.26. The molecule has 0 aromatic heterocycles. The summed E-state index contributed by atoms with van der Waals surface area (Å²) in [6.45, 7) is 0.131. The van der Waals surface area contributed by atoms with E-state index in [1.54, 1.807) is 11.9 Å². The molecular weight excluding hydrogens is 204 g/mol. The smallest absolute Gasteiger partial charge is 0.264 e. The summed E-state index contributed by atoms with van der Waals surface area (Å²) in [5.41, 5.74) is 7.88. The molecule has 1 amide bonds. The standard InChI is InChI=1S/C12H14N2O2/c1-14-10-4-7(8-5-9(8)13)2-3-11(10)16-6-12(14)15/h2-4,8-9H,5-6,13H2,1H3. The highest BCUT2D eigenvalue weighted by molar-refractivity contribution is 5.97. The summed E-state index contributed by atoms with van der Waals surface area (Å²) in [5, 5.41) is 0. The summed E-state index contributed by atoms with van der Waals surface area (Å²) >= 11 is 0. The fourth-order valence-corrected chi connectivity index (χ4v) is 2.12. The van der Waals surface area contributed by atoms with Crippen LogP contribution in [0, 0.1) is 0 Å². The highest BCUT2D eigenvalue weighted by Gasteiger charge is 2.35. The van der Waals surface area contributed by atoms with Gasteiger partial charge in [-0.05, 0) is 24.1 Å². The first kappa shape index (κ1) is 9.66. The molecule has 0 saturated heterocycles. The highest BCUT2D eigenvalue weighted by atomic mass is 16.5. The molecule has 1 heterocycles. The third-order valence-electron chi connectivity index (χ3n) is 3.34. The van der Waals surface area contributed by atoms with E-state index < -0.39 is 0 Å². The van der Waals surface area contributed by atoms with Gasteiger partial charge >= 0.3 is 0 Å². The Kier molecular flexibility index (Phi) is 1.94. The predicted molar refractivity (Wildman–Crippen MR) is 60.7 cm³/mol. The molecule has 2 N–H and O–H groups in total. The molecule has 84 valence electrons. The third-order valence-corrected chi connectivity index (χ3v) is 3.34. The number of nitrogens with zero attached hydrogens (tertiary/aromatic N) is 1. The number of carbonyl (C=O) groups is 1. The predicted octanol–water partition coefficient (Wildman–Crippen LogP) is 0.856. The summed E-state index contributed by atoms with van der Waals surface area (Å²) in [7, 11) is 1.78. The lowest BCUT2D eigenvalue weighted by atomic mass is 10.1. The van der Waals surface area contributed by atoms with E-state index in [0.717, 1.165) is 17.9 Å². The Morgan fingerprint density at radius 1 is 1.50 bits per heavy atom. The van der Waals surface area contributed by atoms with E-state index in [1.165, 1.54) is 5.56 Å². The summed E-state index contributed by atoms with van der Waals surface area (Å²) in [4.78, 5) is 13.1. The van der Waals surface area contributed by atoms with Crippen LogP contribution in [-0.2, 0) is 4.79 Å². The Labute approximate surface area is 94.0 Å². The number of anilines is 1. The minimum absolute atomic E-state index is 0.00949. The van der Waals surface area contributed by atoms with Gasteiger partial charge < -0.3 is 15.4 Å². The number of likely N-dealkylation sites (N-methyl/N-ethyl adjacent to an activating group) is 1. The van der Waals surface area contributed by atoms with Crippen molar-refractivity contribution in [3.8, 4) is 5.75 Å². The van der Waals surface area contributed by atoms with E-state index in [2.05, 4.69) is 0 Å². The van der Waals surface area contributed by atoms with E-state index in [0.29, 0.717) is 5.92 Å². The van der Waals surface area contributed by atoms with E-state index >= 15 is 0 Å². The first-order valence-corrected chi connectivity index (χ1v) is 5.45. The minimum Gasteiger partial charge on any atom is -0.482 e. The topological polar surface area (TPSA) is 55.6 Å². The van der Waals surface area contributed by atoms with Crippen molar-refractivity contribution in [1.82, 2.24) is 0 Å². The SMILES string of the molecule is CN1C(=O)COc2ccc(C3CC3N)cc21. The van der Waals surface area contributed by atoms with E-state index in [1.807, 2.05) is 18.2 Å². The number of amides is 1. The van der Waals surface area contributed by atoms with Crippen LogP contribution in [0.1, 0.15) is 17.9 Å². The second kappa shape index (κ2) is 3.22. The van der Waals surface area contributed by atoms with Crippen molar-refractivity contribution in [1.29, 1.82) is 0 Å². The van der Waals surface area contributed by atoms with Crippen molar-refractivity contribution in [3.05, 3.63) is 23.8 Å². The molecule has 1 fully saturated rings. The molecule has 16 heavy (non-hydrogen) atoms. The molecule has 2 unspecified atom stereocenters. The van der Waals surface area contributed by atoms with Gasteiger partial charge in [-0.2, -0.15) is 0 Å². The molecule has 2 atom stereocenters. The van der Waals surface area contributed by atoms with Crippen molar-refractivity contribution in [2.75, 3.05) is 18.6 Å². The van der Waals surface area contributed by atoms with Crippen molar-refractivity contribution in [2.45, 2.75) is 18.4 Å².